The third-order valence-electron chi connectivity index (χ3n) is 2.47. The molecule has 0 radical (unpaired) electrons. The maximum Gasteiger partial charge on any atom is 0.407 e. The lowest BCUT2D eigenvalue weighted by molar-refractivity contribution is -0.132. The van der Waals surface area contributed by atoms with E-state index in [1.807, 2.05) is 0 Å². The quantitative estimate of drug-likeness (QED) is 0.472. The molecule has 7 nitrogen and oxygen atoms in total. The number of aliphatic hydroxyl groups excluding tert-OH is 1. The van der Waals surface area contributed by atoms with E-state index in [2.05, 4.69) is 5.32 Å². The van der Waals surface area contributed by atoms with E-state index in [0.29, 0.717) is 11.3 Å². The second-order valence-corrected chi connectivity index (χ2v) is 5.81. The number of benzene rings is 1. The predicted molar refractivity (Wildman–Crippen MR) is 83.4 cm³/mol. The van der Waals surface area contributed by atoms with Crippen LogP contribution in [0.2, 0.25) is 0 Å². The summed E-state index contributed by atoms with van der Waals surface area (Å²) in [7, 11) is 0. The van der Waals surface area contributed by atoms with Gasteiger partial charge in [-0.25, -0.2) is 4.79 Å². The van der Waals surface area contributed by atoms with Gasteiger partial charge in [-0.1, -0.05) is 6.07 Å². The lowest BCUT2D eigenvalue weighted by atomic mass is 10.2. The second kappa shape index (κ2) is 8.38. The van der Waals surface area contributed by atoms with E-state index in [4.69, 9.17) is 19.3 Å². The molecular weight excluding hydrogens is 302 g/mol. The fourth-order valence-corrected chi connectivity index (χ4v) is 1.63. The number of carbonyl (C=O) groups excluding carboxylic acids is 2. The Hall–Kier alpha value is -2.28. The molecule has 0 fully saturated rings. The number of ether oxygens (including phenoxy) is 3. The molecule has 0 unspecified atom stereocenters. The number of nitrogens with one attached hydrogen (secondary N) is 1. The van der Waals surface area contributed by atoms with Gasteiger partial charge in [0.25, 0.3) is 0 Å². The number of amides is 1. The van der Waals surface area contributed by atoms with Gasteiger partial charge in [-0.3, -0.25) is 4.79 Å². The SMILES string of the molecule is CC(=O)Oc1ccc(CO)cc1OCCNC(=O)OC(C)(C)C. The first kappa shape index (κ1) is 18.8. The minimum Gasteiger partial charge on any atom is -0.488 e. The van der Waals surface area contributed by atoms with Crippen LogP contribution in [-0.2, 0) is 16.1 Å². The normalized spacial score (nSPS) is 10.8. The van der Waals surface area contributed by atoms with Gasteiger partial charge < -0.3 is 24.6 Å². The Kier molecular flexibility index (Phi) is 6.84. The molecule has 0 aliphatic heterocycles. The van der Waals surface area contributed by atoms with Gasteiger partial charge in [0.15, 0.2) is 11.5 Å². The molecule has 0 saturated heterocycles. The summed E-state index contributed by atoms with van der Waals surface area (Å²) in [6, 6.07) is 4.75. The van der Waals surface area contributed by atoms with Crippen molar-refractivity contribution in [3.8, 4) is 11.5 Å². The molecule has 7 heteroatoms. The molecule has 128 valence electrons. The highest BCUT2D eigenvalue weighted by molar-refractivity contribution is 5.70. The molecular formula is C16H23NO6. The Morgan fingerprint density at radius 2 is 1.91 bits per heavy atom. The summed E-state index contributed by atoms with van der Waals surface area (Å²) < 4.78 is 15.6. The molecule has 0 heterocycles. The molecule has 0 aliphatic carbocycles. The fraction of sp³-hybridized carbons (Fsp3) is 0.500. The topological polar surface area (TPSA) is 94.1 Å². The first-order valence-electron chi connectivity index (χ1n) is 7.23. The number of hydrogen-bond donors (Lipinski definition) is 2. The van der Waals surface area contributed by atoms with Crippen molar-refractivity contribution in [3.63, 3.8) is 0 Å². The fourth-order valence-electron chi connectivity index (χ4n) is 1.63. The predicted octanol–water partition coefficient (Wildman–Crippen LogP) is 2.01. The van der Waals surface area contributed by atoms with Gasteiger partial charge in [-0.2, -0.15) is 0 Å². The maximum atomic E-state index is 11.5. The van der Waals surface area contributed by atoms with Crippen LogP contribution in [0.5, 0.6) is 11.5 Å². The minimum absolute atomic E-state index is 0.155. The number of aliphatic hydroxyl groups is 1. The van der Waals surface area contributed by atoms with Gasteiger partial charge in [0.2, 0.25) is 0 Å². The van der Waals surface area contributed by atoms with Crippen molar-refractivity contribution in [1.82, 2.24) is 5.32 Å². The number of esters is 1. The largest absolute Gasteiger partial charge is 0.488 e. The van der Waals surface area contributed by atoms with Gasteiger partial charge in [-0.15, -0.1) is 0 Å². The summed E-state index contributed by atoms with van der Waals surface area (Å²) in [5, 5.41) is 11.7. The van der Waals surface area contributed by atoms with Crippen molar-refractivity contribution in [2.45, 2.75) is 39.9 Å². The van der Waals surface area contributed by atoms with Crippen LogP contribution in [-0.4, -0.2) is 35.9 Å². The summed E-state index contributed by atoms with van der Waals surface area (Å²) in [5.74, 6) is 0.100. The van der Waals surface area contributed by atoms with E-state index >= 15 is 0 Å². The van der Waals surface area contributed by atoms with Gasteiger partial charge in [0.1, 0.15) is 12.2 Å². The van der Waals surface area contributed by atoms with Crippen molar-refractivity contribution in [2.24, 2.45) is 0 Å². The Morgan fingerprint density at radius 3 is 2.48 bits per heavy atom. The van der Waals surface area contributed by atoms with Crippen molar-refractivity contribution >= 4 is 12.1 Å². The van der Waals surface area contributed by atoms with Crippen molar-refractivity contribution in [1.29, 1.82) is 0 Å². The highest BCUT2D eigenvalue weighted by Crippen LogP contribution is 2.28. The monoisotopic (exact) mass is 325 g/mol. The Morgan fingerprint density at radius 1 is 1.22 bits per heavy atom. The molecule has 0 aliphatic rings. The molecule has 1 aromatic rings. The summed E-state index contributed by atoms with van der Waals surface area (Å²) in [6.45, 7) is 6.82. The molecule has 2 N–H and O–H groups in total. The standard InChI is InChI=1S/C16H23NO6/c1-11(19)22-13-6-5-12(10-18)9-14(13)21-8-7-17-15(20)23-16(2,3)4/h5-6,9,18H,7-8,10H2,1-4H3,(H,17,20). The minimum atomic E-state index is -0.567. The van der Waals surface area contributed by atoms with Crippen molar-refractivity contribution < 1.29 is 28.9 Å². The van der Waals surface area contributed by atoms with Crippen molar-refractivity contribution in [2.75, 3.05) is 13.2 Å². The van der Waals surface area contributed by atoms with E-state index < -0.39 is 17.7 Å². The zero-order valence-electron chi connectivity index (χ0n) is 13.8. The maximum absolute atomic E-state index is 11.5. The van der Waals surface area contributed by atoms with E-state index in [0.717, 1.165) is 0 Å². The average molecular weight is 325 g/mol. The number of carbonyl (C=O) groups is 2. The molecule has 0 spiro atoms. The van der Waals surface area contributed by atoms with Gasteiger partial charge in [0.05, 0.1) is 13.2 Å². The molecule has 0 saturated carbocycles. The van der Waals surface area contributed by atoms with Crippen LogP contribution in [0.1, 0.15) is 33.3 Å². The van der Waals surface area contributed by atoms with Crippen LogP contribution < -0.4 is 14.8 Å². The van der Waals surface area contributed by atoms with Crippen LogP contribution in [0.3, 0.4) is 0 Å². The smallest absolute Gasteiger partial charge is 0.407 e. The number of rotatable bonds is 6. The first-order valence-corrected chi connectivity index (χ1v) is 7.23. The van der Waals surface area contributed by atoms with E-state index in [1.165, 1.54) is 6.92 Å². The van der Waals surface area contributed by atoms with Gasteiger partial charge in [0, 0.05) is 6.92 Å². The lowest BCUT2D eigenvalue weighted by Crippen LogP contribution is -2.34. The summed E-state index contributed by atoms with van der Waals surface area (Å²) in [5.41, 5.74) is 0.0547. The van der Waals surface area contributed by atoms with E-state index in [1.54, 1.807) is 39.0 Å². The highest BCUT2D eigenvalue weighted by atomic mass is 16.6. The molecule has 1 aromatic carbocycles. The van der Waals surface area contributed by atoms with Crippen LogP contribution in [0, 0.1) is 0 Å². The summed E-state index contributed by atoms with van der Waals surface area (Å²) in [6.07, 6.45) is -0.537. The van der Waals surface area contributed by atoms with E-state index in [-0.39, 0.29) is 25.5 Å². The second-order valence-electron chi connectivity index (χ2n) is 5.81. The zero-order chi connectivity index (χ0) is 17.5. The molecule has 1 amide bonds. The number of alkyl carbamates (subject to hydrolysis) is 1. The van der Waals surface area contributed by atoms with Gasteiger partial charge in [-0.05, 0) is 38.5 Å². The molecule has 23 heavy (non-hydrogen) atoms. The van der Waals surface area contributed by atoms with E-state index in [9.17, 15) is 9.59 Å². The van der Waals surface area contributed by atoms with Crippen molar-refractivity contribution in [3.05, 3.63) is 23.8 Å². The van der Waals surface area contributed by atoms with Crippen LogP contribution in [0.15, 0.2) is 18.2 Å². The average Bonchev–Trinajstić information content (AvgIpc) is 2.42. The summed E-state index contributed by atoms with van der Waals surface area (Å²) in [4.78, 5) is 22.6. The molecule has 0 aromatic heterocycles. The van der Waals surface area contributed by atoms with Crippen LogP contribution in [0.25, 0.3) is 0 Å². The number of hydrogen-bond acceptors (Lipinski definition) is 6. The molecule has 1 rings (SSSR count). The Labute approximate surface area is 135 Å². The molecule has 0 atom stereocenters. The van der Waals surface area contributed by atoms with Gasteiger partial charge >= 0.3 is 12.1 Å². The zero-order valence-corrected chi connectivity index (χ0v) is 13.8. The third-order valence-corrected chi connectivity index (χ3v) is 2.47. The highest BCUT2D eigenvalue weighted by Gasteiger charge is 2.15. The summed E-state index contributed by atoms with van der Waals surface area (Å²) >= 11 is 0. The first-order chi connectivity index (χ1) is 10.7. The third kappa shape index (κ3) is 7.51. The van der Waals surface area contributed by atoms with Crippen LogP contribution >= 0.6 is 0 Å². The Bertz CT molecular complexity index is 550. The molecule has 0 bridgehead atoms. The lowest BCUT2D eigenvalue weighted by Gasteiger charge is -2.19. The Balaban J connectivity index is 2.55. The van der Waals surface area contributed by atoms with Crippen LogP contribution in [0.4, 0.5) is 4.79 Å².